The molecule has 0 amide bonds. The van der Waals surface area contributed by atoms with Gasteiger partial charge in [0.1, 0.15) is 0 Å². The van der Waals surface area contributed by atoms with Gasteiger partial charge in [0.2, 0.25) is 12.2 Å². The van der Waals surface area contributed by atoms with Crippen LogP contribution in [-0.2, 0) is 9.59 Å². The molecule has 2 saturated carbocycles. The summed E-state index contributed by atoms with van der Waals surface area (Å²) in [4.78, 5) is 28.1. The molecule has 4 nitrogen and oxygen atoms in total. The highest BCUT2D eigenvalue weighted by Crippen LogP contribution is 2.36. The maximum absolute atomic E-state index is 10.2. The molecule has 0 spiro atoms. The predicted molar refractivity (Wildman–Crippen MR) is 76.6 cm³/mol. The lowest BCUT2D eigenvalue weighted by atomic mass is 9.76. The van der Waals surface area contributed by atoms with Crippen molar-refractivity contribution in [2.75, 3.05) is 0 Å². The quantitative estimate of drug-likeness (QED) is 0.576. The fourth-order valence-electron chi connectivity index (χ4n) is 3.64. The highest BCUT2D eigenvalue weighted by molar-refractivity contribution is 5.33. The Balaban J connectivity index is 0.00000200. The van der Waals surface area contributed by atoms with Crippen molar-refractivity contribution in [2.24, 2.45) is 21.8 Å². The molecule has 2 aliphatic rings. The third kappa shape index (κ3) is 4.41. The van der Waals surface area contributed by atoms with Gasteiger partial charge in [-0.05, 0) is 69.6 Å². The van der Waals surface area contributed by atoms with Gasteiger partial charge in [-0.1, -0.05) is 0 Å². The molecule has 2 rings (SSSR count). The minimum Gasteiger partial charge on any atom is -0.211 e. The third-order valence-electron chi connectivity index (χ3n) is 4.77. The lowest BCUT2D eigenvalue weighted by molar-refractivity contribution is 0.226. The van der Waals surface area contributed by atoms with Gasteiger partial charge in [-0.2, -0.15) is 0 Å². The molecule has 0 bridgehead atoms. The Hall–Kier alpha value is -1.24. The number of hydrogen-bond donors (Lipinski definition) is 0. The number of aliphatic imine (C=N–C) groups is 2. The van der Waals surface area contributed by atoms with Gasteiger partial charge >= 0.3 is 0 Å². The molecule has 0 aromatic rings. The highest BCUT2D eigenvalue weighted by Gasteiger charge is 2.26. The van der Waals surface area contributed by atoms with E-state index in [1.165, 1.54) is 32.1 Å². The summed E-state index contributed by atoms with van der Waals surface area (Å²) in [6, 6.07) is 0.456. The average Bonchev–Trinajstić information content (AvgIpc) is 2.44. The van der Waals surface area contributed by atoms with Crippen LogP contribution >= 0.6 is 0 Å². The zero-order valence-electron chi connectivity index (χ0n) is 11.4. The van der Waals surface area contributed by atoms with Gasteiger partial charge in [0.15, 0.2) is 0 Å². The fourth-order valence-corrected chi connectivity index (χ4v) is 3.64. The first-order valence-electron chi connectivity index (χ1n) is 7.45. The SMILES string of the molecule is O=C=NC1CCC(CC2CCC(N=C=O)CC2)CC1.[HH].[HH]. The van der Waals surface area contributed by atoms with E-state index < -0.39 is 0 Å². The first-order chi connectivity index (χ1) is 9.31. The second-order valence-electron chi connectivity index (χ2n) is 6.03. The van der Waals surface area contributed by atoms with Crippen LogP contribution in [0.4, 0.5) is 0 Å². The van der Waals surface area contributed by atoms with E-state index >= 15 is 0 Å². The maximum Gasteiger partial charge on any atom is 0.235 e. The standard InChI is InChI=1S/C15H22N2O2.2H2/c18-10-16-14-5-1-12(2-6-14)9-13-3-7-15(8-4-13)17-11-19;;/h12-15H,1-9H2;2*1H. The summed E-state index contributed by atoms with van der Waals surface area (Å²) < 4.78 is 0. The molecule has 0 aliphatic heterocycles. The number of isocyanates is 2. The van der Waals surface area contributed by atoms with E-state index in [0.29, 0.717) is 0 Å². The molecule has 0 atom stereocenters. The van der Waals surface area contributed by atoms with E-state index in [2.05, 4.69) is 9.98 Å². The van der Waals surface area contributed by atoms with Gasteiger partial charge in [0.05, 0.1) is 12.1 Å². The summed E-state index contributed by atoms with van der Waals surface area (Å²) in [5.74, 6) is 1.60. The van der Waals surface area contributed by atoms with Gasteiger partial charge in [0, 0.05) is 2.85 Å². The summed E-state index contributed by atoms with van der Waals surface area (Å²) in [5.41, 5.74) is 0. The fraction of sp³-hybridized carbons (Fsp3) is 0.867. The molecule has 0 unspecified atom stereocenters. The van der Waals surface area contributed by atoms with Crippen LogP contribution in [0, 0.1) is 11.8 Å². The molecule has 0 radical (unpaired) electrons. The van der Waals surface area contributed by atoms with Crippen molar-refractivity contribution in [3.63, 3.8) is 0 Å². The molecule has 0 N–H and O–H groups in total. The molecule has 0 heterocycles. The van der Waals surface area contributed by atoms with Crippen molar-refractivity contribution in [1.82, 2.24) is 0 Å². The van der Waals surface area contributed by atoms with Crippen LogP contribution in [0.25, 0.3) is 0 Å². The number of carbonyl (C=O) groups excluding carboxylic acids is 2. The van der Waals surface area contributed by atoms with Crippen LogP contribution in [0.2, 0.25) is 0 Å². The van der Waals surface area contributed by atoms with E-state index in [1.807, 2.05) is 0 Å². The molecule has 19 heavy (non-hydrogen) atoms. The average molecular weight is 266 g/mol. The summed E-state index contributed by atoms with van der Waals surface area (Å²) in [6.45, 7) is 0. The van der Waals surface area contributed by atoms with E-state index in [1.54, 1.807) is 12.2 Å². The Kier molecular flexibility index (Phi) is 5.50. The summed E-state index contributed by atoms with van der Waals surface area (Å²) in [5, 5.41) is 0. The summed E-state index contributed by atoms with van der Waals surface area (Å²) >= 11 is 0. The van der Waals surface area contributed by atoms with E-state index in [9.17, 15) is 9.59 Å². The largest absolute Gasteiger partial charge is 0.235 e. The first-order valence-corrected chi connectivity index (χ1v) is 7.45. The smallest absolute Gasteiger partial charge is 0.211 e. The minimum atomic E-state index is 0. The Morgan fingerprint density at radius 1 is 0.737 bits per heavy atom. The molecule has 0 saturated heterocycles. The van der Waals surface area contributed by atoms with Crippen LogP contribution < -0.4 is 0 Å². The molecule has 0 aromatic heterocycles. The van der Waals surface area contributed by atoms with Crippen LogP contribution in [0.3, 0.4) is 0 Å². The van der Waals surface area contributed by atoms with Crippen molar-refractivity contribution < 1.29 is 12.4 Å². The number of nitrogens with zero attached hydrogens (tertiary/aromatic N) is 2. The molecule has 4 heteroatoms. The second-order valence-corrected chi connectivity index (χ2v) is 6.03. The Morgan fingerprint density at radius 2 is 1.11 bits per heavy atom. The van der Waals surface area contributed by atoms with Crippen molar-refractivity contribution in [3.8, 4) is 0 Å². The molecular weight excluding hydrogens is 240 g/mol. The van der Waals surface area contributed by atoms with Crippen molar-refractivity contribution >= 4 is 12.2 Å². The Bertz CT molecular complexity index is 341. The monoisotopic (exact) mass is 266 g/mol. The molecular formula is C15H26N2O2. The number of hydrogen-bond acceptors (Lipinski definition) is 4. The topological polar surface area (TPSA) is 58.9 Å². The van der Waals surface area contributed by atoms with Crippen LogP contribution in [0.5, 0.6) is 0 Å². The zero-order valence-corrected chi connectivity index (χ0v) is 11.4. The predicted octanol–water partition coefficient (Wildman–Crippen LogP) is 3.66. The van der Waals surface area contributed by atoms with E-state index in [4.69, 9.17) is 0 Å². The second kappa shape index (κ2) is 7.37. The highest BCUT2D eigenvalue weighted by atomic mass is 16.1. The van der Waals surface area contributed by atoms with E-state index in [-0.39, 0.29) is 14.9 Å². The molecule has 2 aliphatic carbocycles. The van der Waals surface area contributed by atoms with Crippen LogP contribution in [0.15, 0.2) is 9.98 Å². The maximum atomic E-state index is 10.2. The van der Waals surface area contributed by atoms with Gasteiger partial charge in [-0.3, -0.25) is 0 Å². The van der Waals surface area contributed by atoms with E-state index in [0.717, 1.165) is 37.5 Å². The Morgan fingerprint density at radius 3 is 1.42 bits per heavy atom. The Labute approximate surface area is 117 Å². The lowest BCUT2D eigenvalue weighted by Gasteiger charge is -2.31. The first kappa shape index (κ1) is 14.2. The van der Waals surface area contributed by atoms with Gasteiger partial charge in [0.25, 0.3) is 0 Å². The lowest BCUT2D eigenvalue weighted by Crippen LogP contribution is -2.23. The third-order valence-corrected chi connectivity index (χ3v) is 4.77. The van der Waals surface area contributed by atoms with Crippen LogP contribution in [-0.4, -0.2) is 24.2 Å². The van der Waals surface area contributed by atoms with Crippen LogP contribution in [0.1, 0.15) is 60.6 Å². The van der Waals surface area contributed by atoms with Crippen molar-refractivity contribution in [2.45, 2.75) is 69.9 Å². The molecule has 2 fully saturated rings. The minimum absolute atomic E-state index is 0. The van der Waals surface area contributed by atoms with Gasteiger partial charge in [-0.15, -0.1) is 0 Å². The van der Waals surface area contributed by atoms with Gasteiger partial charge < -0.3 is 0 Å². The summed E-state index contributed by atoms with van der Waals surface area (Å²) in [6.07, 6.45) is 13.6. The number of rotatable bonds is 4. The molecule has 0 aromatic carbocycles. The van der Waals surface area contributed by atoms with Gasteiger partial charge in [-0.25, -0.2) is 19.6 Å². The van der Waals surface area contributed by atoms with Crippen molar-refractivity contribution in [3.05, 3.63) is 0 Å². The normalized spacial score (nSPS) is 34.9. The summed E-state index contributed by atoms with van der Waals surface area (Å²) in [7, 11) is 0. The van der Waals surface area contributed by atoms with Crippen molar-refractivity contribution in [1.29, 1.82) is 0 Å². The molecule has 108 valence electrons. The zero-order chi connectivity index (χ0) is 13.5.